The van der Waals surface area contributed by atoms with Crippen LogP contribution in [-0.4, -0.2) is 6.54 Å². The van der Waals surface area contributed by atoms with Crippen LogP contribution in [0.15, 0.2) is 24.3 Å². The zero-order valence-electron chi connectivity index (χ0n) is 12.3. The zero-order chi connectivity index (χ0) is 13.8. The van der Waals surface area contributed by atoms with E-state index in [1.165, 1.54) is 56.9 Å². The van der Waals surface area contributed by atoms with Gasteiger partial charge in [0.15, 0.2) is 0 Å². The van der Waals surface area contributed by atoms with Crippen LogP contribution in [0.25, 0.3) is 0 Å². The molecule has 0 bridgehead atoms. The largest absolute Gasteiger partial charge is 0.313 e. The van der Waals surface area contributed by atoms with Crippen LogP contribution in [0.1, 0.15) is 63.9 Å². The molecule has 0 unspecified atom stereocenters. The molecule has 0 aliphatic carbocycles. The van der Waals surface area contributed by atoms with Crippen molar-refractivity contribution in [1.82, 2.24) is 5.32 Å². The highest BCUT2D eigenvalue weighted by molar-refractivity contribution is 6.30. The molecule has 0 aliphatic rings. The maximum Gasteiger partial charge on any atom is 0.0406 e. The van der Waals surface area contributed by atoms with Crippen molar-refractivity contribution in [2.75, 3.05) is 6.54 Å². The van der Waals surface area contributed by atoms with Crippen LogP contribution in [-0.2, 0) is 6.54 Å². The van der Waals surface area contributed by atoms with Gasteiger partial charge in [0.2, 0.25) is 0 Å². The third-order valence-corrected chi connectivity index (χ3v) is 3.70. The quantitative estimate of drug-likeness (QED) is 0.523. The Labute approximate surface area is 123 Å². The smallest absolute Gasteiger partial charge is 0.0406 e. The van der Waals surface area contributed by atoms with Crippen LogP contribution in [0.3, 0.4) is 0 Å². The van der Waals surface area contributed by atoms with Crippen LogP contribution in [0, 0.1) is 0 Å². The van der Waals surface area contributed by atoms with E-state index in [0.717, 1.165) is 18.1 Å². The fraction of sp³-hybridized carbons (Fsp3) is 0.647. The van der Waals surface area contributed by atoms with E-state index in [2.05, 4.69) is 24.4 Å². The monoisotopic (exact) mass is 281 g/mol. The molecule has 2 heteroatoms. The number of halogens is 1. The van der Waals surface area contributed by atoms with Crippen molar-refractivity contribution in [2.24, 2.45) is 0 Å². The Kier molecular flexibility index (Phi) is 9.84. The van der Waals surface area contributed by atoms with E-state index in [0.29, 0.717) is 0 Å². The molecule has 0 aliphatic heterocycles. The molecule has 1 N–H and O–H groups in total. The van der Waals surface area contributed by atoms with E-state index in [1.54, 1.807) is 0 Å². The van der Waals surface area contributed by atoms with Gasteiger partial charge in [0.05, 0.1) is 0 Å². The van der Waals surface area contributed by atoms with Crippen molar-refractivity contribution < 1.29 is 0 Å². The summed E-state index contributed by atoms with van der Waals surface area (Å²) >= 11 is 5.86. The molecule has 0 atom stereocenters. The Morgan fingerprint density at radius 2 is 1.42 bits per heavy atom. The molecule has 1 nitrogen and oxygen atoms in total. The molecule has 0 spiro atoms. The fourth-order valence-corrected chi connectivity index (χ4v) is 2.34. The van der Waals surface area contributed by atoms with E-state index in [9.17, 15) is 0 Å². The van der Waals surface area contributed by atoms with Crippen LogP contribution in [0.2, 0.25) is 5.02 Å². The summed E-state index contributed by atoms with van der Waals surface area (Å²) < 4.78 is 0. The van der Waals surface area contributed by atoms with Gasteiger partial charge >= 0.3 is 0 Å². The Morgan fingerprint density at radius 1 is 0.842 bits per heavy atom. The average molecular weight is 282 g/mol. The van der Waals surface area contributed by atoms with Crippen LogP contribution in [0.4, 0.5) is 0 Å². The maximum absolute atomic E-state index is 5.86. The lowest BCUT2D eigenvalue weighted by molar-refractivity contribution is 0.555. The minimum Gasteiger partial charge on any atom is -0.313 e. The van der Waals surface area contributed by atoms with Crippen LogP contribution >= 0.6 is 11.6 Å². The molecule has 1 aromatic carbocycles. The fourth-order valence-electron chi connectivity index (χ4n) is 2.22. The molecule has 0 amide bonds. The van der Waals surface area contributed by atoms with E-state index in [4.69, 9.17) is 11.6 Å². The second-order valence-corrected chi connectivity index (χ2v) is 5.71. The Hall–Kier alpha value is -0.530. The van der Waals surface area contributed by atoms with Gasteiger partial charge in [0, 0.05) is 11.6 Å². The predicted octanol–water partition coefficient (Wildman–Crippen LogP) is 5.57. The number of nitrogens with one attached hydrogen (secondary N) is 1. The Balaban J connectivity index is 1.87. The van der Waals surface area contributed by atoms with Gasteiger partial charge in [0.1, 0.15) is 0 Å². The van der Waals surface area contributed by atoms with E-state index < -0.39 is 0 Å². The van der Waals surface area contributed by atoms with Gasteiger partial charge in [-0.15, -0.1) is 0 Å². The van der Waals surface area contributed by atoms with Crippen molar-refractivity contribution in [1.29, 1.82) is 0 Å². The number of hydrogen-bond acceptors (Lipinski definition) is 1. The van der Waals surface area contributed by atoms with Gasteiger partial charge in [-0.25, -0.2) is 0 Å². The third-order valence-electron chi connectivity index (χ3n) is 3.45. The first-order chi connectivity index (χ1) is 9.33. The summed E-state index contributed by atoms with van der Waals surface area (Å²) in [4.78, 5) is 0. The highest BCUT2D eigenvalue weighted by Gasteiger charge is 1.94. The molecular weight excluding hydrogens is 254 g/mol. The lowest BCUT2D eigenvalue weighted by Crippen LogP contribution is -2.14. The molecule has 1 aromatic rings. The highest BCUT2D eigenvalue weighted by atomic mass is 35.5. The topological polar surface area (TPSA) is 12.0 Å². The summed E-state index contributed by atoms with van der Waals surface area (Å²) in [7, 11) is 0. The van der Waals surface area contributed by atoms with Gasteiger partial charge in [-0.05, 0) is 30.7 Å². The summed E-state index contributed by atoms with van der Waals surface area (Å²) in [5.41, 5.74) is 1.31. The van der Waals surface area contributed by atoms with Crippen molar-refractivity contribution >= 4 is 11.6 Å². The summed E-state index contributed by atoms with van der Waals surface area (Å²) in [5.74, 6) is 0. The number of hydrogen-bond donors (Lipinski definition) is 1. The number of rotatable bonds is 11. The first kappa shape index (κ1) is 16.5. The summed E-state index contributed by atoms with van der Waals surface area (Å²) in [6.07, 6.45) is 11.1. The minimum absolute atomic E-state index is 0.812. The lowest BCUT2D eigenvalue weighted by atomic mass is 10.1. The third kappa shape index (κ3) is 9.07. The molecule has 19 heavy (non-hydrogen) atoms. The number of unbranched alkanes of at least 4 members (excludes halogenated alkanes) is 7. The molecule has 108 valence electrons. The first-order valence-electron chi connectivity index (χ1n) is 7.78. The van der Waals surface area contributed by atoms with Crippen molar-refractivity contribution in [2.45, 2.75) is 64.8 Å². The van der Waals surface area contributed by atoms with E-state index in [1.807, 2.05) is 12.1 Å². The molecule has 0 saturated heterocycles. The first-order valence-corrected chi connectivity index (χ1v) is 8.16. The SMILES string of the molecule is CCCCCCCCCCNCc1ccc(Cl)cc1. The van der Waals surface area contributed by atoms with Gasteiger partial charge in [-0.3, -0.25) is 0 Å². The summed E-state index contributed by atoms with van der Waals surface area (Å²) in [5, 5.41) is 4.30. The minimum atomic E-state index is 0.812. The molecule has 0 fully saturated rings. The second kappa shape index (κ2) is 11.3. The normalized spacial score (nSPS) is 10.8. The van der Waals surface area contributed by atoms with Crippen LogP contribution < -0.4 is 5.32 Å². The van der Waals surface area contributed by atoms with Crippen molar-refractivity contribution in [3.8, 4) is 0 Å². The highest BCUT2D eigenvalue weighted by Crippen LogP contribution is 2.10. The summed E-state index contributed by atoms with van der Waals surface area (Å²) in [6, 6.07) is 8.08. The predicted molar refractivity (Wildman–Crippen MR) is 85.8 cm³/mol. The Bertz CT molecular complexity index is 308. The molecule has 0 heterocycles. The van der Waals surface area contributed by atoms with Crippen molar-refractivity contribution in [3.05, 3.63) is 34.9 Å². The van der Waals surface area contributed by atoms with Crippen LogP contribution in [0.5, 0.6) is 0 Å². The molecule has 0 saturated carbocycles. The molecule has 1 rings (SSSR count). The second-order valence-electron chi connectivity index (χ2n) is 5.28. The van der Waals surface area contributed by atoms with Gasteiger partial charge in [-0.2, -0.15) is 0 Å². The summed E-state index contributed by atoms with van der Waals surface area (Å²) in [6.45, 7) is 4.34. The van der Waals surface area contributed by atoms with Gasteiger partial charge < -0.3 is 5.32 Å². The van der Waals surface area contributed by atoms with Gasteiger partial charge in [-0.1, -0.05) is 75.6 Å². The standard InChI is InChI=1S/C17H28ClN/c1-2-3-4-5-6-7-8-9-14-19-15-16-10-12-17(18)13-11-16/h10-13,19H,2-9,14-15H2,1H3. The lowest BCUT2D eigenvalue weighted by Gasteiger charge is -2.05. The molecule has 0 aromatic heterocycles. The molecular formula is C17H28ClN. The average Bonchev–Trinajstić information content (AvgIpc) is 2.43. The molecule has 0 radical (unpaired) electrons. The van der Waals surface area contributed by atoms with E-state index in [-0.39, 0.29) is 0 Å². The maximum atomic E-state index is 5.86. The van der Waals surface area contributed by atoms with E-state index >= 15 is 0 Å². The zero-order valence-corrected chi connectivity index (χ0v) is 13.0. The number of benzene rings is 1. The van der Waals surface area contributed by atoms with Crippen molar-refractivity contribution in [3.63, 3.8) is 0 Å². The Morgan fingerprint density at radius 3 is 2.05 bits per heavy atom. The van der Waals surface area contributed by atoms with Gasteiger partial charge in [0.25, 0.3) is 0 Å².